The second-order valence-electron chi connectivity index (χ2n) is 9.43. The van der Waals surface area contributed by atoms with E-state index < -0.39 is 0 Å². The Labute approximate surface area is 204 Å². The lowest BCUT2D eigenvalue weighted by molar-refractivity contribution is 0.0990. The molecule has 4 aromatic heterocycles. The van der Waals surface area contributed by atoms with E-state index in [-0.39, 0.29) is 24.2 Å². The number of rotatable bonds is 6. The van der Waals surface area contributed by atoms with Crippen LogP contribution in [0.2, 0.25) is 0 Å². The number of nitriles is 1. The first kappa shape index (κ1) is 23.1. The van der Waals surface area contributed by atoms with Gasteiger partial charge in [0.05, 0.1) is 40.7 Å². The molecule has 3 atom stereocenters. The summed E-state index contributed by atoms with van der Waals surface area (Å²) in [5.74, 6) is 0. The fourth-order valence-corrected chi connectivity index (χ4v) is 5.40. The fraction of sp³-hybridized carbons (Fsp3) is 0.462. The molecular formula is C26H32N8O. The predicted octanol–water partition coefficient (Wildman–Crippen LogP) is 3.35. The molecule has 0 bridgehead atoms. The molecule has 0 aromatic carbocycles. The van der Waals surface area contributed by atoms with Crippen molar-refractivity contribution in [3.8, 4) is 6.07 Å². The zero-order valence-electron chi connectivity index (χ0n) is 20.8. The van der Waals surface area contributed by atoms with Crippen molar-refractivity contribution < 1.29 is 0 Å². The molecule has 0 radical (unpaired) electrons. The van der Waals surface area contributed by atoms with Crippen LogP contribution >= 0.6 is 0 Å². The quantitative estimate of drug-likeness (QED) is 0.428. The molecule has 182 valence electrons. The van der Waals surface area contributed by atoms with Crippen LogP contribution in [0.5, 0.6) is 0 Å². The molecule has 0 amide bonds. The number of nitrogens with zero attached hydrogens (tertiary/aromatic N) is 8. The van der Waals surface area contributed by atoms with Gasteiger partial charge in [0.2, 0.25) is 0 Å². The summed E-state index contributed by atoms with van der Waals surface area (Å²) in [7, 11) is 1.76. The minimum Gasteiger partial charge on any atom is -0.364 e. The van der Waals surface area contributed by atoms with E-state index in [0.29, 0.717) is 6.04 Å². The highest BCUT2D eigenvalue weighted by Gasteiger charge is 2.37. The zero-order valence-corrected chi connectivity index (χ0v) is 20.8. The lowest BCUT2D eigenvalue weighted by Gasteiger charge is -2.49. The molecule has 1 aliphatic rings. The number of pyridine rings is 2. The standard InChI is InChI=1S/C26H32N8O/c1-5-19-16-33(23-14-25(35)30(4)24-17-31(12-10-27)29-26(23)24)20(6-2)15-32(19)18(3)22-13-21-9-7-8-11-34(21)28-22/h7-9,11,13-14,17-20H,5-6,12,15-16H2,1-4H3/t18?,19-,20+/m1/s1. The number of aromatic nitrogens is 5. The third-order valence-corrected chi connectivity index (χ3v) is 7.47. The molecule has 0 aliphatic carbocycles. The van der Waals surface area contributed by atoms with E-state index in [0.717, 1.165) is 53.9 Å². The molecule has 1 saturated heterocycles. The van der Waals surface area contributed by atoms with Crippen molar-refractivity contribution in [3.63, 3.8) is 0 Å². The van der Waals surface area contributed by atoms with Crippen LogP contribution in [0.1, 0.15) is 45.3 Å². The Morgan fingerprint density at radius 2 is 1.94 bits per heavy atom. The lowest BCUT2D eigenvalue weighted by Crippen LogP contribution is -2.58. The molecule has 5 rings (SSSR count). The summed E-state index contributed by atoms with van der Waals surface area (Å²) in [6.45, 7) is 8.50. The molecule has 0 N–H and O–H groups in total. The van der Waals surface area contributed by atoms with Gasteiger partial charge in [-0.2, -0.15) is 15.5 Å². The van der Waals surface area contributed by atoms with E-state index in [9.17, 15) is 4.79 Å². The normalized spacial score (nSPS) is 19.9. The minimum absolute atomic E-state index is 0.0626. The monoisotopic (exact) mass is 472 g/mol. The first-order chi connectivity index (χ1) is 16.9. The highest BCUT2D eigenvalue weighted by molar-refractivity contribution is 5.88. The number of hydrogen-bond acceptors (Lipinski definition) is 6. The topological polar surface area (TPSA) is 87.4 Å². The Bertz CT molecular complexity index is 1420. The van der Waals surface area contributed by atoms with Gasteiger partial charge in [0, 0.05) is 44.5 Å². The predicted molar refractivity (Wildman–Crippen MR) is 136 cm³/mol. The first-order valence-electron chi connectivity index (χ1n) is 12.4. The molecule has 0 spiro atoms. The number of anilines is 1. The van der Waals surface area contributed by atoms with Crippen molar-refractivity contribution in [3.05, 3.63) is 58.8 Å². The Balaban J connectivity index is 1.51. The number of piperazine rings is 1. The maximum Gasteiger partial charge on any atom is 0.252 e. The smallest absolute Gasteiger partial charge is 0.252 e. The van der Waals surface area contributed by atoms with Gasteiger partial charge in [-0.05, 0) is 38.0 Å². The van der Waals surface area contributed by atoms with Gasteiger partial charge in [-0.3, -0.25) is 14.4 Å². The summed E-state index contributed by atoms with van der Waals surface area (Å²) in [6, 6.07) is 12.9. The third kappa shape index (κ3) is 3.98. The van der Waals surface area contributed by atoms with Crippen molar-refractivity contribution in [2.75, 3.05) is 18.0 Å². The second kappa shape index (κ2) is 9.19. The summed E-state index contributed by atoms with van der Waals surface area (Å²) in [4.78, 5) is 17.8. The van der Waals surface area contributed by atoms with Gasteiger partial charge in [0.25, 0.3) is 5.56 Å². The Kier molecular flexibility index (Phi) is 6.07. The van der Waals surface area contributed by atoms with Gasteiger partial charge in [-0.1, -0.05) is 19.9 Å². The Morgan fingerprint density at radius 1 is 1.14 bits per heavy atom. The number of aryl methyl sites for hydroxylation is 1. The van der Waals surface area contributed by atoms with Crippen LogP contribution in [0.4, 0.5) is 5.69 Å². The van der Waals surface area contributed by atoms with Crippen LogP contribution in [0.15, 0.2) is 47.5 Å². The lowest BCUT2D eigenvalue weighted by atomic mass is 9.98. The van der Waals surface area contributed by atoms with Crippen LogP contribution in [0, 0.1) is 11.3 Å². The van der Waals surface area contributed by atoms with Gasteiger partial charge in [0.15, 0.2) is 0 Å². The SMILES string of the molecule is CC[C@H]1CN(C(C)c2cc3ccccn3n2)[C@H](CC)CN1c1cc(=O)n(C)c2cn(CC#N)nc12. The molecule has 0 saturated carbocycles. The summed E-state index contributed by atoms with van der Waals surface area (Å²) >= 11 is 0. The third-order valence-electron chi connectivity index (χ3n) is 7.47. The van der Waals surface area contributed by atoms with Crippen molar-refractivity contribution in [1.29, 1.82) is 5.26 Å². The van der Waals surface area contributed by atoms with Gasteiger partial charge < -0.3 is 9.47 Å². The summed E-state index contributed by atoms with van der Waals surface area (Å²) < 4.78 is 5.17. The summed E-state index contributed by atoms with van der Waals surface area (Å²) in [6.07, 6.45) is 5.72. The van der Waals surface area contributed by atoms with E-state index in [2.05, 4.69) is 48.8 Å². The van der Waals surface area contributed by atoms with Crippen molar-refractivity contribution in [2.45, 2.75) is 58.3 Å². The molecule has 1 fully saturated rings. The largest absolute Gasteiger partial charge is 0.364 e. The molecule has 1 aliphatic heterocycles. The molecular weight excluding hydrogens is 440 g/mol. The summed E-state index contributed by atoms with van der Waals surface area (Å²) in [5, 5.41) is 18.7. The van der Waals surface area contributed by atoms with E-state index >= 15 is 0 Å². The number of fused-ring (bicyclic) bond motifs is 2. The molecule has 9 heteroatoms. The highest BCUT2D eigenvalue weighted by atomic mass is 16.1. The second-order valence-corrected chi connectivity index (χ2v) is 9.43. The molecule has 5 heterocycles. The molecule has 35 heavy (non-hydrogen) atoms. The van der Waals surface area contributed by atoms with E-state index in [1.165, 1.54) is 0 Å². The van der Waals surface area contributed by atoms with Crippen molar-refractivity contribution in [2.24, 2.45) is 7.05 Å². The average molecular weight is 473 g/mol. The Hall–Kier alpha value is -3.64. The first-order valence-corrected chi connectivity index (χ1v) is 12.4. The van der Waals surface area contributed by atoms with Crippen molar-refractivity contribution >= 4 is 22.2 Å². The van der Waals surface area contributed by atoms with Crippen LogP contribution in [0.3, 0.4) is 0 Å². The Morgan fingerprint density at radius 3 is 2.66 bits per heavy atom. The maximum atomic E-state index is 12.9. The molecule has 9 nitrogen and oxygen atoms in total. The highest BCUT2D eigenvalue weighted by Crippen LogP contribution is 2.34. The van der Waals surface area contributed by atoms with Crippen molar-refractivity contribution in [1.82, 2.24) is 28.9 Å². The van der Waals surface area contributed by atoms with E-state index in [1.54, 1.807) is 28.6 Å². The van der Waals surface area contributed by atoms with Crippen LogP contribution in [-0.2, 0) is 13.6 Å². The van der Waals surface area contributed by atoms with Gasteiger partial charge in [-0.15, -0.1) is 0 Å². The van der Waals surface area contributed by atoms with Gasteiger partial charge in [-0.25, -0.2) is 4.52 Å². The van der Waals surface area contributed by atoms with Crippen LogP contribution < -0.4 is 10.5 Å². The molecule has 1 unspecified atom stereocenters. The van der Waals surface area contributed by atoms with E-state index in [1.807, 2.05) is 22.8 Å². The fourth-order valence-electron chi connectivity index (χ4n) is 5.40. The van der Waals surface area contributed by atoms with Gasteiger partial charge >= 0.3 is 0 Å². The average Bonchev–Trinajstić information content (AvgIpc) is 3.50. The maximum absolute atomic E-state index is 12.9. The summed E-state index contributed by atoms with van der Waals surface area (Å²) in [5.41, 5.74) is 4.51. The van der Waals surface area contributed by atoms with E-state index in [4.69, 9.17) is 15.5 Å². The zero-order chi connectivity index (χ0) is 24.7. The van der Waals surface area contributed by atoms with Gasteiger partial charge in [0.1, 0.15) is 12.1 Å². The van der Waals surface area contributed by atoms with Crippen LogP contribution in [-0.4, -0.2) is 54.0 Å². The minimum atomic E-state index is -0.0626. The number of hydrogen-bond donors (Lipinski definition) is 0. The van der Waals surface area contributed by atoms with Crippen LogP contribution in [0.25, 0.3) is 16.6 Å². The molecule has 4 aromatic rings.